The molecular formula is C21H24ClN7O2S. The molecule has 0 aliphatic carbocycles. The van der Waals surface area contributed by atoms with Crippen molar-refractivity contribution in [3.05, 3.63) is 59.8 Å². The number of para-hydroxylation sites is 1. The third-order valence-electron chi connectivity index (χ3n) is 5.05. The van der Waals surface area contributed by atoms with Crippen LogP contribution in [0.25, 0.3) is 0 Å². The highest BCUT2D eigenvalue weighted by atomic mass is 35.5. The van der Waals surface area contributed by atoms with Gasteiger partial charge in [-0.3, -0.25) is 0 Å². The second-order valence-electron chi connectivity index (χ2n) is 7.13. The van der Waals surface area contributed by atoms with E-state index in [-0.39, 0.29) is 9.92 Å². The van der Waals surface area contributed by atoms with E-state index >= 15 is 0 Å². The Morgan fingerprint density at radius 2 is 1.75 bits per heavy atom. The van der Waals surface area contributed by atoms with Crippen molar-refractivity contribution in [2.24, 2.45) is 0 Å². The van der Waals surface area contributed by atoms with Crippen LogP contribution in [0.2, 0.25) is 5.02 Å². The third kappa shape index (κ3) is 5.10. The Hall–Kier alpha value is -2.92. The topological polar surface area (TPSA) is 111 Å². The van der Waals surface area contributed by atoms with Crippen LogP contribution in [0, 0.1) is 0 Å². The SMILES string of the molecule is CNS(=O)(=O)c1ccccc1Nc1nc(Nc2ccc(N3CCNCC3)cc2)ncc1Cl. The molecule has 11 heteroatoms. The molecule has 9 nitrogen and oxygen atoms in total. The Bertz CT molecular complexity index is 1180. The number of rotatable bonds is 7. The molecule has 32 heavy (non-hydrogen) atoms. The maximum atomic E-state index is 12.3. The van der Waals surface area contributed by atoms with Gasteiger partial charge in [-0.25, -0.2) is 18.1 Å². The highest BCUT2D eigenvalue weighted by Gasteiger charge is 2.17. The normalized spacial score (nSPS) is 14.2. The summed E-state index contributed by atoms with van der Waals surface area (Å²) in [7, 11) is -2.30. The lowest BCUT2D eigenvalue weighted by atomic mass is 10.2. The molecule has 2 heterocycles. The molecule has 0 spiro atoms. The predicted molar refractivity (Wildman–Crippen MR) is 128 cm³/mol. The zero-order valence-corrected chi connectivity index (χ0v) is 19.0. The third-order valence-corrected chi connectivity index (χ3v) is 6.80. The van der Waals surface area contributed by atoms with Crippen LogP contribution in [-0.4, -0.2) is 51.6 Å². The van der Waals surface area contributed by atoms with E-state index in [9.17, 15) is 8.42 Å². The lowest BCUT2D eigenvalue weighted by molar-refractivity contribution is 0.588. The van der Waals surface area contributed by atoms with Crippen LogP contribution in [0.3, 0.4) is 0 Å². The zero-order chi connectivity index (χ0) is 22.6. The highest BCUT2D eigenvalue weighted by Crippen LogP contribution is 2.29. The van der Waals surface area contributed by atoms with Gasteiger partial charge in [-0.1, -0.05) is 23.7 Å². The Morgan fingerprint density at radius 3 is 2.47 bits per heavy atom. The first-order chi connectivity index (χ1) is 15.5. The summed E-state index contributed by atoms with van der Waals surface area (Å²) in [6.45, 7) is 3.92. The molecule has 0 amide bonds. The van der Waals surface area contributed by atoms with Crippen molar-refractivity contribution >= 4 is 50.5 Å². The number of nitrogens with one attached hydrogen (secondary N) is 4. The number of piperazine rings is 1. The summed E-state index contributed by atoms with van der Waals surface area (Å²) in [4.78, 5) is 11.1. The number of nitrogens with zero attached hydrogens (tertiary/aromatic N) is 3. The molecule has 0 unspecified atom stereocenters. The van der Waals surface area contributed by atoms with Crippen LogP contribution in [-0.2, 0) is 10.0 Å². The summed E-state index contributed by atoms with van der Waals surface area (Å²) in [6, 6.07) is 14.6. The van der Waals surface area contributed by atoms with Gasteiger partial charge < -0.3 is 20.9 Å². The fourth-order valence-corrected chi connectivity index (χ4v) is 4.39. The van der Waals surface area contributed by atoms with Gasteiger partial charge in [-0.05, 0) is 43.4 Å². The molecule has 3 aromatic rings. The predicted octanol–water partition coefficient (Wildman–Crippen LogP) is 2.93. The second kappa shape index (κ2) is 9.70. The van der Waals surface area contributed by atoms with Gasteiger partial charge in [0, 0.05) is 37.6 Å². The number of anilines is 5. The molecule has 0 atom stereocenters. The molecule has 0 bridgehead atoms. The first-order valence-electron chi connectivity index (χ1n) is 10.1. The van der Waals surface area contributed by atoms with Crippen LogP contribution in [0.5, 0.6) is 0 Å². The molecule has 1 aromatic heterocycles. The summed E-state index contributed by atoms with van der Waals surface area (Å²) in [5.41, 5.74) is 2.35. The fraction of sp³-hybridized carbons (Fsp3) is 0.238. The van der Waals surface area contributed by atoms with Crippen LogP contribution in [0.1, 0.15) is 0 Å². The number of halogens is 1. The summed E-state index contributed by atoms with van der Waals surface area (Å²) in [6.07, 6.45) is 1.46. The van der Waals surface area contributed by atoms with Crippen molar-refractivity contribution in [2.75, 3.05) is 48.8 Å². The Labute approximate surface area is 192 Å². The van der Waals surface area contributed by atoms with Crippen molar-refractivity contribution in [2.45, 2.75) is 4.90 Å². The number of benzene rings is 2. The van der Waals surface area contributed by atoms with E-state index in [4.69, 9.17) is 11.6 Å². The Morgan fingerprint density at radius 1 is 1.03 bits per heavy atom. The average molecular weight is 474 g/mol. The van der Waals surface area contributed by atoms with E-state index in [1.54, 1.807) is 18.2 Å². The van der Waals surface area contributed by atoms with Crippen molar-refractivity contribution in [1.29, 1.82) is 0 Å². The van der Waals surface area contributed by atoms with Crippen LogP contribution < -0.4 is 25.6 Å². The molecule has 1 saturated heterocycles. The molecule has 0 radical (unpaired) electrons. The lowest BCUT2D eigenvalue weighted by Crippen LogP contribution is -2.43. The molecule has 4 N–H and O–H groups in total. The van der Waals surface area contributed by atoms with Gasteiger partial charge in [0.1, 0.15) is 9.92 Å². The van der Waals surface area contributed by atoms with Crippen molar-refractivity contribution in [3.8, 4) is 0 Å². The minimum atomic E-state index is -3.66. The van der Waals surface area contributed by atoms with Crippen molar-refractivity contribution in [3.63, 3.8) is 0 Å². The number of aromatic nitrogens is 2. The molecule has 0 saturated carbocycles. The minimum absolute atomic E-state index is 0.0928. The molecule has 168 valence electrons. The minimum Gasteiger partial charge on any atom is -0.369 e. The molecule has 1 aliphatic rings. The standard InChI is InChI=1S/C21H24ClN7O2S/c1-23-32(30,31)19-5-3-2-4-18(19)27-20-17(22)14-25-21(28-20)26-15-6-8-16(9-7-15)29-12-10-24-11-13-29/h2-9,14,23-24H,10-13H2,1H3,(H2,25,26,27,28). The smallest absolute Gasteiger partial charge is 0.242 e. The average Bonchev–Trinajstić information content (AvgIpc) is 2.82. The van der Waals surface area contributed by atoms with E-state index in [1.165, 1.54) is 25.0 Å². The molecule has 2 aromatic carbocycles. The van der Waals surface area contributed by atoms with E-state index in [1.807, 2.05) is 12.1 Å². The summed E-state index contributed by atoms with van der Waals surface area (Å²) in [5.74, 6) is 0.626. The monoisotopic (exact) mass is 473 g/mol. The fourth-order valence-electron chi connectivity index (χ4n) is 3.36. The number of sulfonamides is 1. The maximum Gasteiger partial charge on any atom is 0.242 e. The first kappa shape index (κ1) is 22.3. The Kier molecular flexibility index (Phi) is 6.75. The van der Waals surface area contributed by atoms with Gasteiger partial charge in [0.05, 0.1) is 11.9 Å². The first-order valence-corrected chi connectivity index (χ1v) is 12.0. The van der Waals surface area contributed by atoms with Gasteiger partial charge in [0.2, 0.25) is 16.0 Å². The second-order valence-corrected chi connectivity index (χ2v) is 9.39. The quantitative estimate of drug-likeness (QED) is 0.414. The van der Waals surface area contributed by atoms with Gasteiger partial charge >= 0.3 is 0 Å². The van der Waals surface area contributed by atoms with Crippen LogP contribution >= 0.6 is 11.6 Å². The van der Waals surface area contributed by atoms with Crippen molar-refractivity contribution < 1.29 is 8.42 Å². The molecule has 1 fully saturated rings. The van der Waals surface area contributed by atoms with Gasteiger partial charge in [-0.2, -0.15) is 4.98 Å². The number of hydrogen-bond acceptors (Lipinski definition) is 8. The maximum absolute atomic E-state index is 12.3. The van der Waals surface area contributed by atoms with Gasteiger partial charge in [0.25, 0.3) is 0 Å². The van der Waals surface area contributed by atoms with Crippen LogP contribution in [0.4, 0.5) is 28.8 Å². The van der Waals surface area contributed by atoms with Crippen LogP contribution in [0.15, 0.2) is 59.6 Å². The molecule has 4 rings (SSSR count). The largest absolute Gasteiger partial charge is 0.369 e. The highest BCUT2D eigenvalue weighted by molar-refractivity contribution is 7.89. The van der Waals surface area contributed by atoms with E-state index in [0.717, 1.165) is 31.9 Å². The summed E-state index contributed by atoms with van der Waals surface area (Å²) < 4.78 is 26.9. The van der Waals surface area contributed by atoms with Gasteiger partial charge in [-0.15, -0.1) is 0 Å². The summed E-state index contributed by atoms with van der Waals surface area (Å²) in [5, 5.41) is 9.78. The van der Waals surface area contributed by atoms with E-state index in [0.29, 0.717) is 17.5 Å². The van der Waals surface area contributed by atoms with E-state index in [2.05, 4.69) is 47.7 Å². The Balaban J connectivity index is 1.53. The van der Waals surface area contributed by atoms with Gasteiger partial charge in [0.15, 0.2) is 5.82 Å². The lowest BCUT2D eigenvalue weighted by Gasteiger charge is -2.29. The van der Waals surface area contributed by atoms with Crippen molar-refractivity contribution in [1.82, 2.24) is 20.0 Å². The molecular weight excluding hydrogens is 450 g/mol. The number of hydrogen-bond donors (Lipinski definition) is 4. The zero-order valence-electron chi connectivity index (χ0n) is 17.5. The summed E-state index contributed by atoms with van der Waals surface area (Å²) >= 11 is 6.27. The van der Waals surface area contributed by atoms with E-state index < -0.39 is 10.0 Å². The molecule has 1 aliphatic heterocycles.